The van der Waals surface area contributed by atoms with E-state index >= 15 is 0 Å². The van der Waals surface area contributed by atoms with E-state index in [0.29, 0.717) is 22.0 Å². The van der Waals surface area contributed by atoms with Gasteiger partial charge < -0.3 is 30.6 Å². The molecule has 1 aromatic heterocycles. The molecule has 0 spiro atoms. The van der Waals surface area contributed by atoms with Gasteiger partial charge in [0.2, 0.25) is 11.6 Å². The molecular weight excluding hydrogens is 404 g/mol. The number of rotatable bonds is 5. The number of carbonyl (C=O) groups excluding carboxylic acids is 2. The van der Waals surface area contributed by atoms with Crippen LogP contribution >= 0.6 is 0 Å². The second-order valence-electron chi connectivity index (χ2n) is 7.68. The number of amides is 2. The lowest BCUT2D eigenvalue weighted by atomic mass is 9.94. The predicted molar refractivity (Wildman–Crippen MR) is 109 cm³/mol. The number of piperazine rings is 1. The van der Waals surface area contributed by atoms with E-state index in [4.69, 9.17) is 0 Å². The van der Waals surface area contributed by atoms with E-state index in [2.05, 4.69) is 10.3 Å². The molecule has 3 unspecified atom stereocenters. The summed E-state index contributed by atoms with van der Waals surface area (Å²) in [6, 6.07) is 9.97. The van der Waals surface area contributed by atoms with Gasteiger partial charge in [-0.1, -0.05) is 18.2 Å². The average Bonchev–Trinajstić information content (AvgIpc) is 3.12. The fraction of sp³-hybridized carbons (Fsp3) is 0.238. The van der Waals surface area contributed by atoms with Crippen LogP contribution in [-0.2, 0) is 22.4 Å². The number of nitrogens with zero attached hydrogens (tertiary/aromatic N) is 1. The predicted octanol–water partition coefficient (Wildman–Crippen LogP) is -0.293. The molecule has 0 saturated carbocycles. The molecule has 6 N–H and O–H groups in total. The third-order valence-corrected chi connectivity index (χ3v) is 5.58. The summed E-state index contributed by atoms with van der Waals surface area (Å²) in [4.78, 5) is 30.0. The van der Waals surface area contributed by atoms with Crippen molar-refractivity contribution >= 4 is 28.4 Å². The van der Waals surface area contributed by atoms with Gasteiger partial charge in [-0.2, -0.15) is 5.23 Å². The van der Waals surface area contributed by atoms with Crippen LogP contribution in [0.1, 0.15) is 11.1 Å². The van der Waals surface area contributed by atoms with Crippen LogP contribution in [0.15, 0.2) is 48.7 Å². The number of aromatic amines is 1. The SMILES string of the molecule is CN1C(=O)C(O)(Cc2cccc(O)c2)NC(=O)C1Cc1c[nH]c2cccc([NH+]([O-])O)c12. The molecule has 162 valence electrons. The normalized spacial score (nSPS) is 22.6. The smallest absolute Gasteiger partial charge is 0.276 e. The number of carbonyl (C=O) groups is 2. The lowest BCUT2D eigenvalue weighted by molar-refractivity contribution is -0.990. The highest BCUT2D eigenvalue weighted by atomic mass is 16.8. The van der Waals surface area contributed by atoms with Crippen LogP contribution in [0, 0.1) is 5.21 Å². The van der Waals surface area contributed by atoms with E-state index in [9.17, 15) is 30.2 Å². The van der Waals surface area contributed by atoms with Crippen LogP contribution in [0.25, 0.3) is 10.9 Å². The monoisotopic (exact) mass is 426 g/mol. The Balaban J connectivity index is 1.61. The zero-order valence-corrected chi connectivity index (χ0v) is 16.6. The number of phenols is 1. The molecule has 10 heteroatoms. The maximum atomic E-state index is 13.0. The maximum Gasteiger partial charge on any atom is 0.276 e. The summed E-state index contributed by atoms with van der Waals surface area (Å²) in [6.45, 7) is 0. The molecule has 1 saturated heterocycles. The molecule has 3 aromatic rings. The molecule has 0 bridgehead atoms. The van der Waals surface area contributed by atoms with Crippen LogP contribution in [0.5, 0.6) is 5.75 Å². The fourth-order valence-corrected chi connectivity index (χ4v) is 4.06. The molecule has 4 rings (SSSR count). The first kappa shape index (κ1) is 20.8. The van der Waals surface area contributed by atoms with E-state index < -0.39 is 28.8 Å². The van der Waals surface area contributed by atoms with Gasteiger partial charge in [-0.05, 0) is 29.3 Å². The van der Waals surface area contributed by atoms with Crippen molar-refractivity contribution in [3.63, 3.8) is 0 Å². The summed E-state index contributed by atoms with van der Waals surface area (Å²) in [7, 11) is 1.42. The molecule has 2 amide bonds. The summed E-state index contributed by atoms with van der Waals surface area (Å²) < 4.78 is 0. The minimum Gasteiger partial charge on any atom is -0.595 e. The number of aromatic hydroxyl groups is 1. The Bertz CT molecular complexity index is 1160. The third kappa shape index (κ3) is 3.73. The van der Waals surface area contributed by atoms with Gasteiger partial charge >= 0.3 is 0 Å². The van der Waals surface area contributed by atoms with Crippen LogP contribution in [0.3, 0.4) is 0 Å². The first-order valence-corrected chi connectivity index (χ1v) is 9.61. The molecule has 1 aliphatic heterocycles. The van der Waals surface area contributed by atoms with Gasteiger partial charge in [-0.15, -0.1) is 0 Å². The number of hydrogen-bond acceptors (Lipinski definition) is 6. The molecule has 3 atom stereocenters. The lowest BCUT2D eigenvalue weighted by Crippen LogP contribution is -2.99. The average molecular weight is 426 g/mol. The summed E-state index contributed by atoms with van der Waals surface area (Å²) in [5, 5.41) is 43.4. The van der Waals surface area contributed by atoms with Gasteiger partial charge in [0.15, 0.2) is 5.69 Å². The molecule has 2 heterocycles. The van der Waals surface area contributed by atoms with Crippen molar-refractivity contribution in [1.29, 1.82) is 0 Å². The number of quaternary nitrogens is 1. The second kappa shape index (κ2) is 7.67. The van der Waals surface area contributed by atoms with Crippen LogP contribution < -0.4 is 10.5 Å². The van der Waals surface area contributed by atoms with Gasteiger partial charge in [0.05, 0.1) is 10.9 Å². The first-order chi connectivity index (χ1) is 14.7. The Labute approximate surface area is 176 Å². The van der Waals surface area contributed by atoms with E-state index in [0.717, 1.165) is 0 Å². The standard InChI is InChI=1S/C21H22N4O6/c1-24-17(9-13-11-22-15-6-3-7-16(18(13)15)25(30)31)19(27)23-21(29,20(24)28)10-12-4-2-5-14(26)8-12/h2-8,11,17,22,25-26,29-30H,9-10H2,1H3,(H,23,27). The quantitative estimate of drug-likeness (QED) is 0.308. The number of nitrogens with one attached hydrogen (secondary N) is 3. The fourth-order valence-electron chi connectivity index (χ4n) is 4.06. The number of fused-ring (bicyclic) bond motifs is 1. The lowest BCUT2D eigenvalue weighted by Gasteiger charge is -2.41. The number of aliphatic hydroxyl groups is 1. The summed E-state index contributed by atoms with van der Waals surface area (Å²) in [5.41, 5.74) is -0.389. The molecule has 2 aromatic carbocycles. The Kier molecular flexibility index (Phi) is 5.15. The Hall–Kier alpha value is -3.44. The molecule has 1 fully saturated rings. The number of benzene rings is 2. The Morgan fingerprint density at radius 3 is 2.68 bits per heavy atom. The van der Waals surface area contributed by atoms with Crippen LogP contribution in [-0.4, -0.2) is 55.9 Å². The summed E-state index contributed by atoms with van der Waals surface area (Å²) >= 11 is 0. The van der Waals surface area contributed by atoms with Gasteiger partial charge in [0.25, 0.3) is 5.91 Å². The van der Waals surface area contributed by atoms with Gasteiger partial charge in [-0.3, -0.25) is 9.59 Å². The van der Waals surface area contributed by atoms with Crippen LogP contribution in [0.4, 0.5) is 5.69 Å². The largest absolute Gasteiger partial charge is 0.595 e. The zero-order valence-electron chi connectivity index (χ0n) is 16.6. The maximum absolute atomic E-state index is 13.0. The number of phenolic OH excluding ortho intramolecular Hbond substituents is 1. The van der Waals surface area contributed by atoms with Crippen molar-refractivity contribution in [2.75, 3.05) is 7.05 Å². The van der Waals surface area contributed by atoms with Crippen molar-refractivity contribution in [3.05, 3.63) is 65.0 Å². The first-order valence-electron chi connectivity index (χ1n) is 9.61. The summed E-state index contributed by atoms with van der Waals surface area (Å²) in [6.07, 6.45) is 1.48. The van der Waals surface area contributed by atoms with Crippen molar-refractivity contribution in [2.24, 2.45) is 0 Å². The third-order valence-electron chi connectivity index (χ3n) is 5.58. The zero-order chi connectivity index (χ0) is 22.3. The van der Waals surface area contributed by atoms with E-state index in [1.807, 2.05) is 0 Å². The molecular formula is C21H22N4O6. The molecule has 0 radical (unpaired) electrons. The van der Waals surface area contributed by atoms with Crippen molar-refractivity contribution in [2.45, 2.75) is 24.6 Å². The van der Waals surface area contributed by atoms with E-state index in [1.165, 1.54) is 30.1 Å². The summed E-state index contributed by atoms with van der Waals surface area (Å²) in [5.74, 6) is -1.28. The minimum absolute atomic E-state index is 0.0181. The topological polar surface area (TPSA) is 153 Å². The molecule has 0 aliphatic carbocycles. The highest BCUT2D eigenvalue weighted by Gasteiger charge is 2.48. The minimum atomic E-state index is -2.15. The number of hydrogen-bond donors (Lipinski definition) is 6. The molecule has 31 heavy (non-hydrogen) atoms. The van der Waals surface area contributed by atoms with Crippen molar-refractivity contribution in [1.82, 2.24) is 15.2 Å². The number of likely N-dealkylation sites (N-methyl/N-ethyl adjacent to an activating group) is 1. The van der Waals surface area contributed by atoms with Gasteiger partial charge in [0, 0.05) is 32.2 Å². The Morgan fingerprint density at radius 1 is 1.23 bits per heavy atom. The van der Waals surface area contributed by atoms with Gasteiger partial charge in [0.1, 0.15) is 11.8 Å². The van der Waals surface area contributed by atoms with E-state index in [1.54, 1.807) is 30.5 Å². The highest BCUT2D eigenvalue weighted by Crippen LogP contribution is 2.28. The van der Waals surface area contributed by atoms with Crippen molar-refractivity contribution < 1.29 is 30.2 Å². The van der Waals surface area contributed by atoms with Crippen molar-refractivity contribution in [3.8, 4) is 5.75 Å². The number of aromatic nitrogens is 1. The molecule has 10 nitrogen and oxygen atoms in total. The van der Waals surface area contributed by atoms with Crippen LogP contribution in [0.2, 0.25) is 0 Å². The molecule has 1 aliphatic rings. The number of H-pyrrole nitrogens is 1. The Morgan fingerprint density at radius 2 is 1.97 bits per heavy atom. The van der Waals surface area contributed by atoms with E-state index in [-0.39, 0.29) is 24.3 Å². The highest BCUT2D eigenvalue weighted by molar-refractivity contribution is 5.99. The van der Waals surface area contributed by atoms with Gasteiger partial charge in [-0.25, -0.2) is 5.21 Å². The second-order valence-corrected chi connectivity index (χ2v) is 7.68.